The van der Waals surface area contributed by atoms with Gasteiger partial charge in [0.15, 0.2) is 5.72 Å². The first-order valence-electron chi connectivity index (χ1n) is 5.73. The van der Waals surface area contributed by atoms with Crippen molar-refractivity contribution in [2.75, 3.05) is 0 Å². The van der Waals surface area contributed by atoms with Crippen LogP contribution < -0.4 is 0 Å². The average Bonchev–Trinajstić information content (AvgIpc) is 2.66. The van der Waals surface area contributed by atoms with Crippen LogP contribution in [0.3, 0.4) is 0 Å². The first kappa shape index (κ1) is 11.8. The van der Waals surface area contributed by atoms with Gasteiger partial charge in [0.05, 0.1) is 0 Å². The summed E-state index contributed by atoms with van der Waals surface area (Å²) in [5.74, 6) is -0.173. The lowest BCUT2D eigenvalue weighted by Crippen LogP contribution is -2.43. The number of hydrogen-bond acceptors (Lipinski definition) is 3. The molecule has 0 saturated heterocycles. The van der Waals surface area contributed by atoms with E-state index in [1.807, 2.05) is 37.3 Å². The van der Waals surface area contributed by atoms with Crippen LogP contribution in [0.5, 0.6) is 0 Å². The van der Waals surface area contributed by atoms with E-state index in [-0.39, 0.29) is 5.91 Å². The number of rotatable bonds is 2. The van der Waals surface area contributed by atoms with Crippen molar-refractivity contribution in [3.63, 3.8) is 0 Å². The number of carbonyl (C=O) groups excluding carboxylic acids is 1. The third-order valence-corrected chi connectivity index (χ3v) is 2.90. The summed E-state index contributed by atoms with van der Waals surface area (Å²) in [6.07, 6.45) is 0.689. The summed E-state index contributed by atoms with van der Waals surface area (Å²) in [5, 5.41) is 16.0. The lowest BCUT2D eigenvalue weighted by molar-refractivity contribution is -0.157. The van der Waals surface area contributed by atoms with E-state index in [2.05, 4.69) is 5.10 Å². The zero-order chi connectivity index (χ0) is 12.5. The molecule has 17 heavy (non-hydrogen) atoms. The SMILES string of the molecule is CCC(=O)N1N=C(C)CC1(O)c1ccccc1. The molecular formula is C13H16N2O2. The van der Waals surface area contributed by atoms with E-state index in [0.29, 0.717) is 18.4 Å². The second-order valence-electron chi connectivity index (χ2n) is 4.25. The number of carbonyl (C=O) groups is 1. The molecule has 1 N–H and O–H groups in total. The second-order valence-corrected chi connectivity index (χ2v) is 4.25. The molecule has 0 fully saturated rings. The Labute approximate surface area is 101 Å². The molecule has 0 saturated carbocycles. The molecular weight excluding hydrogens is 216 g/mol. The molecule has 1 aromatic carbocycles. The maximum absolute atomic E-state index is 11.8. The van der Waals surface area contributed by atoms with Gasteiger partial charge in [0, 0.05) is 24.1 Å². The van der Waals surface area contributed by atoms with Crippen LogP contribution in [0.15, 0.2) is 35.4 Å². The molecule has 1 aliphatic rings. The third-order valence-electron chi connectivity index (χ3n) is 2.90. The highest BCUT2D eigenvalue weighted by Gasteiger charge is 2.43. The van der Waals surface area contributed by atoms with E-state index in [9.17, 15) is 9.90 Å². The summed E-state index contributed by atoms with van der Waals surface area (Å²) in [7, 11) is 0. The van der Waals surface area contributed by atoms with Gasteiger partial charge in [-0.1, -0.05) is 37.3 Å². The van der Waals surface area contributed by atoms with Crippen LogP contribution in [-0.4, -0.2) is 21.7 Å². The van der Waals surface area contributed by atoms with Gasteiger partial charge in [-0.2, -0.15) is 10.1 Å². The van der Waals surface area contributed by atoms with E-state index < -0.39 is 5.72 Å². The summed E-state index contributed by atoms with van der Waals surface area (Å²) in [6.45, 7) is 3.58. The summed E-state index contributed by atoms with van der Waals surface area (Å²) >= 11 is 0. The first-order valence-corrected chi connectivity index (χ1v) is 5.73. The smallest absolute Gasteiger partial charge is 0.245 e. The van der Waals surface area contributed by atoms with Gasteiger partial charge in [-0.15, -0.1) is 0 Å². The van der Waals surface area contributed by atoms with Gasteiger partial charge in [0.25, 0.3) is 0 Å². The maximum Gasteiger partial charge on any atom is 0.245 e. The lowest BCUT2D eigenvalue weighted by Gasteiger charge is -2.31. The molecule has 0 radical (unpaired) electrons. The molecule has 0 aliphatic carbocycles. The summed E-state index contributed by atoms with van der Waals surface area (Å²) in [4.78, 5) is 11.8. The van der Waals surface area contributed by atoms with Gasteiger partial charge in [-0.25, -0.2) is 0 Å². The Balaban J connectivity index is 2.40. The molecule has 4 heteroatoms. The molecule has 90 valence electrons. The molecule has 0 bridgehead atoms. The van der Waals surface area contributed by atoms with E-state index >= 15 is 0 Å². The van der Waals surface area contributed by atoms with E-state index in [1.54, 1.807) is 6.92 Å². The Morgan fingerprint density at radius 3 is 2.71 bits per heavy atom. The fraction of sp³-hybridized carbons (Fsp3) is 0.385. The molecule has 1 atom stereocenters. The van der Waals surface area contributed by atoms with Crippen LogP contribution >= 0.6 is 0 Å². The fourth-order valence-corrected chi connectivity index (χ4v) is 2.06. The number of hydrogen-bond donors (Lipinski definition) is 1. The van der Waals surface area contributed by atoms with E-state index in [1.165, 1.54) is 5.01 Å². The third kappa shape index (κ3) is 1.96. The largest absolute Gasteiger partial charge is 0.365 e. The average molecular weight is 232 g/mol. The molecule has 1 unspecified atom stereocenters. The first-order chi connectivity index (χ1) is 8.08. The monoisotopic (exact) mass is 232 g/mol. The van der Waals surface area contributed by atoms with Crippen molar-refractivity contribution in [3.8, 4) is 0 Å². The normalized spacial score (nSPS) is 23.7. The van der Waals surface area contributed by atoms with Crippen molar-refractivity contribution < 1.29 is 9.90 Å². The van der Waals surface area contributed by atoms with Crippen LogP contribution in [0, 0.1) is 0 Å². The molecule has 1 amide bonds. The van der Waals surface area contributed by atoms with Crippen molar-refractivity contribution in [1.29, 1.82) is 0 Å². The minimum absolute atomic E-state index is 0.173. The standard InChI is InChI=1S/C13H16N2O2/c1-3-12(16)15-13(17,9-10(2)14-15)11-7-5-4-6-8-11/h4-8,17H,3,9H2,1-2H3. The van der Waals surface area contributed by atoms with Crippen LogP contribution in [0.2, 0.25) is 0 Å². The zero-order valence-corrected chi connectivity index (χ0v) is 10.1. The number of aliphatic hydroxyl groups is 1. The number of hydrazone groups is 1. The molecule has 2 rings (SSSR count). The quantitative estimate of drug-likeness (QED) is 0.846. The topological polar surface area (TPSA) is 52.9 Å². The Bertz CT molecular complexity index is 456. The Kier molecular flexibility index (Phi) is 2.98. The van der Waals surface area contributed by atoms with Gasteiger partial charge >= 0.3 is 0 Å². The summed E-state index contributed by atoms with van der Waals surface area (Å²) in [6, 6.07) is 9.18. The van der Waals surface area contributed by atoms with Crippen molar-refractivity contribution in [2.45, 2.75) is 32.4 Å². The molecule has 1 aromatic rings. The minimum atomic E-state index is -1.32. The highest BCUT2D eigenvalue weighted by Crippen LogP contribution is 2.35. The predicted molar refractivity (Wildman–Crippen MR) is 65.2 cm³/mol. The molecule has 4 nitrogen and oxygen atoms in total. The van der Waals surface area contributed by atoms with Gasteiger partial charge in [0.2, 0.25) is 5.91 Å². The van der Waals surface area contributed by atoms with Crippen molar-refractivity contribution in [3.05, 3.63) is 35.9 Å². The highest BCUT2D eigenvalue weighted by atomic mass is 16.3. The second kappa shape index (κ2) is 4.30. The van der Waals surface area contributed by atoms with Gasteiger partial charge in [0.1, 0.15) is 0 Å². The molecule has 1 heterocycles. The zero-order valence-electron chi connectivity index (χ0n) is 10.1. The predicted octanol–water partition coefficient (Wildman–Crippen LogP) is 1.85. The van der Waals surface area contributed by atoms with Gasteiger partial charge in [-0.3, -0.25) is 4.79 Å². The number of amides is 1. The van der Waals surface area contributed by atoms with Gasteiger partial charge < -0.3 is 5.11 Å². The molecule has 0 spiro atoms. The molecule has 0 aromatic heterocycles. The fourth-order valence-electron chi connectivity index (χ4n) is 2.06. The minimum Gasteiger partial charge on any atom is -0.365 e. The highest BCUT2D eigenvalue weighted by molar-refractivity contribution is 5.89. The lowest BCUT2D eigenvalue weighted by atomic mass is 9.97. The van der Waals surface area contributed by atoms with Crippen LogP contribution in [0.4, 0.5) is 0 Å². The Hall–Kier alpha value is -1.68. The Morgan fingerprint density at radius 2 is 2.12 bits per heavy atom. The number of nitrogens with zero attached hydrogens (tertiary/aromatic N) is 2. The summed E-state index contributed by atoms with van der Waals surface area (Å²) in [5.41, 5.74) is 0.138. The Morgan fingerprint density at radius 1 is 1.47 bits per heavy atom. The van der Waals surface area contributed by atoms with E-state index in [4.69, 9.17) is 0 Å². The van der Waals surface area contributed by atoms with Crippen LogP contribution in [0.1, 0.15) is 32.3 Å². The van der Waals surface area contributed by atoms with Gasteiger partial charge in [-0.05, 0) is 6.92 Å². The maximum atomic E-state index is 11.8. The van der Waals surface area contributed by atoms with Crippen LogP contribution in [0.25, 0.3) is 0 Å². The van der Waals surface area contributed by atoms with Crippen molar-refractivity contribution >= 4 is 11.6 Å². The van der Waals surface area contributed by atoms with E-state index in [0.717, 1.165) is 5.71 Å². The van der Waals surface area contributed by atoms with Crippen LogP contribution in [-0.2, 0) is 10.5 Å². The summed E-state index contributed by atoms with van der Waals surface area (Å²) < 4.78 is 0. The van der Waals surface area contributed by atoms with Crippen molar-refractivity contribution in [2.24, 2.45) is 5.10 Å². The number of benzene rings is 1. The molecule has 1 aliphatic heterocycles. The van der Waals surface area contributed by atoms with Crippen molar-refractivity contribution in [1.82, 2.24) is 5.01 Å².